The number of fused-ring (bicyclic) bond motifs is 1. The van der Waals surface area contributed by atoms with Crippen molar-refractivity contribution < 1.29 is 22.1 Å². The highest BCUT2D eigenvalue weighted by atomic mass is 19.1. The molecule has 3 heterocycles. The van der Waals surface area contributed by atoms with Gasteiger partial charge in [0, 0.05) is 22.8 Å². The number of hydrogen-bond donors (Lipinski definition) is 2. The van der Waals surface area contributed by atoms with Crippen molar-refractivity contribution in [2.24, 2.45) is 0 Å². The van der Waals surface area contributed by atoms with E-state index in [0.717, 1.165) is 0 Å². The number of aromatic nitrogens is 5. The molecule has 0 saturated heterocycles. The molecule has 31 heavy (non-hydrogen) atoms. The van der Waals surface area contributed by atoms with E-state index in [1.807, 2.05) is 0 Å². The predicted molar refractivity (Wildman–Crippen MR) is 114 cm³/mol. The largest absolute Gasteiger partial charge is 0.452 e. The van der Waals surface area contributed by atoms with Gasteiger partial charge in [-0.25, -0.2) is 28.8 Å². The number of ether oxygens (including phenoxy) is 1. The normalized spacial score (nSPS) is 14.6. The number of anilines is 3. The zero-order valence-corrected chi connectivity index (χ0v) is 15.8. The van der Waals surface area contributed by atoms with Crippen molar-refractivity contribution in [1.29, 1.82) is 0 Å². The lowest BCUT2D eigenvalue weighted by atomic mass is 10.2. The maximum absolute atomic E-state index is 14.3. The summed E-state index contributed by atoms with van der Waals surface area (Å²) in [5, 5.41) is 4.90. The minimum atomic E-state index is -3.24. The Labute approximate surface area is 184 Å². The van der Waals surface area contributed by atoms with Crippen LogP contribution in [0.5, 0.6) is 0 Å². The molecule has 1 amide bonds. The quantitative estimate of drug-likeness (QED) is 0.505. The summed E-state index contributed by atoms with van der Waals surface area (Å²) in [6.07, 6.45) is -0.234. The molecule has 0 aliphatic carbocycles. The van der Waals surface area contributed by atoms with Crippen LogP contribution in [0.3, 0.4) is 0 Å². The molecule has 0 saturated carbocycles. The van der Waals surface area contributed by atoms with Gasteiger partial charge in [-0.05, 0) is 18.2 Å². The fraction of sp³-hybridized carbons (Fsp3) is 0.150. The number of carbonyl (C=O) groups is 1. The van der Waals surface area contributed by atoms with Crippen LogP contribution < -0.4 is 16.4 Å². The molecule has 0 aliphatic rings. The van der Waals surface area contributed by atoms with E-state index < -0.39 is 43.2 Å². The summed E-state index contributed by atoms with van der Waals surface area (Å²) < 4.78 is 64.2. The molecule has 3 aromatic heterocycles. The predicted octanol–water partition coefficient (Wildman–Crippen LogP) is 2.44. The van der Waals surface area contributed by atoms with E-state index in [1.54, 1.807) is 30.3 Å². The van der Waals surface area contributed by atoms with Gasteiger partial charge >= 0.3 is 6.09 Å². The molecule has 0 fully saturated rings. The summed E-state index contributed by atoms with van der Waals surface area (Å²) in [4.78, 5) is 24.8. The number of pyridine rings is 1. The van der Waals surface area contributed by atoms with Crippen LogP contribution >= 0.6 is 0 Å². The Morgan fingerprint density at radius 3 is 2.71 bits per heavy atom. The number of methoxy groups -OCH3 is 1. The lowest BCUT2D eigenvalue weighted by Gasteiger charge is -2.18. The van der Waals surface area contributed by atoms with Crippen LogP contribution in [0.4, 0.5) is 26.5 Å². The van der Waals surface area contributed by atoms with E-state index in [2.05, 4.69) is 24.8 Å². The molecule has 10 nitrogen and oxygen atoms in total. The Bertz CT molecular complexity index is 1470. The summed E-state index contributed by atoms with van der Waals surface area (Å²) in [6, 6.07) is 9.43. The molecule has 0 spiro atoms. The Morgan fingerprint density at radius 2 is 2.00 bits per heavy atom. The number of amides is 1. The molecule has 4 aromatic rings. The van der Waals surface area contributed by atoms with Gasteiger partial charge < -0.3 is 16.2 Å². The van der Waals surface area contributed by atoms with Gasteiger partial charge in [-0.3, -0.25) is 4.90 Å². The van der Waals surface area contributed by atoms with Crippen LogP contribution in [-0.4, -0.2) is 44.8 Å². The van der Waals surface area contributed by atoms with E-state index >= 15 is 0 Å². The van der Waals surface area contributed by atoms with Gasteiger partial charge in [-0.2, -0.15) is 5.10 Å². The van der Waals surface area contributed by atoms with Crippen molar-refractivity contribution in [3.8, 4) is 11.5 Å². The maximum atomic E-state index is 14.3. The molecule has 0 aliphatic heterocycles. The average molecular weight is 428 g/mol. The number of benzene rings is 1. The first-order valence-electron chi connectivity index (χ1n) is 11.8. The number of halogens is 1. The number of nitrogen functional groups attached to an aromatic ring is 2. The summed E-state index contributed by atoms with van der Waals surface area (Å²) in [6.45, 7) is -3.22. The number of nitrogens with two attached hydrogens (primary N) is 2. The minimum absolute atomic E-state index is 0.00966. The molecule has 0 unspecified atom stereocenters. The van der Waals surface area contributed by atoms with Crippen LogP contribution in [-0.2, 0) is 11.3 Å². The van der Waals surface area contributed by atoms with E-state index in [9.17, 15) is 9.18 Å². The second-order valence-corrected chi connectivity index (χ2v) is 6.34. The van der Waals surface area contributed by atoms with Crippen LogP contribution in [0.15, 0.2) is 42.6 Å². The summed E-state index contributed by atoms with van der Waals surface area (Å²) in [5.41, 5.74) is 12.2. The number of nitrogens with zero attached hydrogens (tertiary/aromatic N) is 6. The molecule has 0 radical (unpaired) electrons. The smallest absolute Gasteiger partial charge is 0.413 e. The van der Waals surface area contributed by atoms with Crippen molar-refractivity contribution in [1.82, 2.24) is 24.7 Å². The fourth-order valence-corrected chi connectivity index (χ4v) is 3.04. The molecule has 1 aromatic carbocycles. The highest BCUT2D eigenvalue weighted by molar-refractivity contribution is 5.96. The summed E-state index contributed by atoms with van der Waals surface area (Å²) >= 11 is 0. The second kappa shape index (κ2) is 7.86. The SMILES string of the molecule is [2H]C([2H])([2H])OC(=O)N(c1c(N)nc(-c2nn(Cc3ccccc3F)c3ncccc23)nc1N)C([2H])([2H])[2H]. The van der Waals surface area contributed by atoms with Gasteiger partial charge in [0.25, 0.3) is 0 Å². The zero-order valence-electron chi connectivity index (χ0n) is 21.8. The van der Waals surface area contributed by atoms with Crippen molar-refractivity contribution in [3.05, 3.63) is 54.0 Å². The van der Waals surface area contributed by atoms with Crippen molar-refractivity contribution in [3.63, 3.8) is 0 Å². The van der Waals surface area contributed by atoms with Gasteiger partial charge in [-0.1, -0.05) is 18.2 Å². The van der Waals surface area contributed by atoms with E-state index in [4.69, 9.17) is 19.7 Å². The van der Waals surface area contributed by atoms with Crippen LogP contribution in [0.2, 0.25) is 0 Å². The van der Waals surface area contributed by atoms with E-state index in [1.165, 1.54) is 16.9 Å². The Kier molecular flexibility index (Phi) is 3.51. The second-order valence-electron chi connectivity index (χ2n) is 6.34. The first-order valence-corrected chi connectivity index (χ1v) is 8.78. The molecular weight excluding hydrogens is 403 g/mol. The first-order chi connectivity index (χ1) is 17.3. The van der Waals surface area contributed by atoms with Crippen LogP contribution in [0.1, 0.15) is 13.8 Å². The summed E-state index contributed by atoms with van der Waals surface area (Å²) in [5.74, 6) is -1.69. The van der Waals surface area contributed by atoms with E-state index in [0.29, 0.717) is 16.6 Å². The van der Waals surface area contributed by atoms with Gasteiger partial charge in [0.1, 0.15) is 17.2 Å². The Balaban J connectivity index is 1.82. The van der Waals surface area contributed by atoms with Crippen molar-refractivity contribution in [2.45, 2.75) is 6.54 Å². The maximum Gasteiger partial charge on any atom is 0.413 e. The van der Waals surface area contributed by atoms with Crippen LogP contribution in [0, 0.1) is 5.82 Å². The molecule has 0 atom stereocenters. The lowest BCUT2D eigenvalue weighted by molar-refractivity contribution is 0.180. The number of rotatable bonds is 4. The highest BCUT2D eigenvalue weighted by Gasteiger charge is 2.23. The van der Waals surface area contributed by atoms with Crippen LogP contribution in [0.25, 0.3) is 22.6 Å². The standard InChI is InChI=1S/C20H19FN8O2/c1-28(20(30)31-2)15-16(22)25-18(26-17(15)23)14-12-7-5-9-24-19(12)29(27-14)10-11-6-3-4-8-13(11)21/h3-9H,10H2,1-2H3,(H4,22,23,25,26)/i1D3,2D3. The van der Waals surface area contributed by atoms with Gasteiger partial charge in [0.2, 0.25) is 0 Å². The zero-order chi connectivity index (χ0) is 27.1. The average Bonchev–Trinajstić information content (AvgIpc) is 3.14. The molecular formula is C20H19FN8O2. The van der Waals surface area contributed by atoms with Gasteiger partial charge in [0.05, 0.1) is 23.1 Å². The van der Waals surface area contributed by atoms with E-state index in [-0.39, 0.29) is 23.0 Å². The lowest BCUT2D eigenvalue weighted by Crippen LogP contribution is -2.28. The Morgan fingerprint density at radius 1 is 1.23 bits per heavy atom. The third kappa shape index (κ3) is 3.56. The van der Waals surface area contributed by atoms with Crippen molar-refractivity contribution in [2.75, 3.05) is 30.4 Å². The number of hydrogen-bond acceptors (Lipinski definition) is 8. The highest BCUT2D eigenvalue weighted by Crippen LogP contribution is 2.32. The molecule has 4 rings (SSSR count). The molecule has 4 N–H and O–H groups in total. The van der Waals surface area contributed by atoms with Crippen molar-refractivity contribution >= 4 is 34.4 Å². The Hall–Kier alpha value is -4.28. The monoisotopic (exact) mass is 428 g/mol. The number of carbonyl (C=O) groups excluding carboxylic acids is 1. The molecule has 0 bridgehead atoms. The first kappa shape index (κ1) is 13.9. The molecule has 158 valence electrons. The van der Waals surface area contributed by atoms with Gasteiger partial charge in [0.15, 0.2) is 23.1 Å². The fourth-order valence-electron chi connectivity index (χ4n) is 3.04. The minimum Gasteiger partial charge on any atom is -0.452 e. The topological polar surface area (TPSA) is 138 Å². The third-order valence-electron chi connectivity index (χ3n) is 4.43. The van der Waals surface area contributed by atoms with Gasteiger partial charge in [-0.15, -0.1) is 0 Å². The third-order valence-corrected chi connectivity index (χ3v) is 4.43. The summed E-state index contributed by atoms with van der Waals surface area (Å²) in [7, 11) is -3.23. The molecule has 11 heteroatoms.